The second-order valence-electron chi connectivity index (χ2n) is 27.3. The lowest BCUT2D eigenvalue weighted by Gasteiger charge is -2.24. The quantitative estimate of drug-likeness (QED) is 0.0209. The summed E-state index contributed by atoms with van der Waals surface area (Å²) in [6.45, 7) is 26.1. The molecule has 94 heavy (non-hydrogen) atoms. The topological polar surface area (TPSA) is 224 Å². The third-order valence-electron chi connectivity index (χ3n) is 15.5. The number of hydrogen-bond acceptors (Lipinski definition) is 14. The molecule has 2 aromatic heterocycles. The van der Waals surface area contributed by atoms with Crippen LogP contribution in [-0.2, 0) is 46.9 Å². The van der Waals surface area contributed by atoms with Crippen LogP contribution in [0.1, 0.15) is 188 Å². The number of hydrogen-bond donors (Lipinski definition) is 3. The molecule has 16 heteroatoms. The highest BCUT2D eigenvalue weighted by atomic mass is 16.6. The van der Waals surface area contributed by atoms with E-state index < -0.39 is 53.1 Å². The van der Waals surface area contributed by atoms with E-state index in [0.717, 1.165) is 87.6 Å². The van der Waals surface area contributed by atoms with Gasteiger partial charge < -0.3 is 35.3 Å². The average molecular weight is 1280 g/mol. The summed E-state index contributed by atoms with van der Waals surface area (Å²) in [7, 11) is 0. The van der Waals surface area contributed by atoms with Gasteiger partial charge in [0.2, 0.25) is 11.8 Å². The Morgan fingerprint density at radius 2 is 0.819 bits per heavy atom. The third-order valence-corrected chi connectivity index (χ3v) is 15.5. The largest absolute Gasteiger partial charge is 0.494 e. The third kappa shape index (κ3) is 25.4. The molecule has 0 aliphatic carbocycles. The molecule has 502 valence electrons. The lowest BCUT2D eigenvalue weighted by molar-refractivity contribution is -0.158. The number of esters is 2. The van der Waals surface area contributed by atoms with Crippen molar-refractivity contribution in [1.29, 1.82) is 0 Å². The number of ether oxygens (including phenoxy) is 4. The van der Waals surface area contributed by atoms with Crippen LogP contribution in [0.3, 0.4) is 0 Å². The van der Waals surface area contributed by atoms with Crippen molar-refractivity contribution in [3.63, 3.8) is 0 Å². The number of Topliss-reactive ketones (excluding diaryl/α,β-unsaturated/α-hetero) is 1. The number of unbranched alkanes of at least 4 members (excludes halogenated alkanes) is 8. The molecule has 0 saturated heterocycles. The molecule has 2 heterocycles. The molecule has 0 radical (unpaired) electrons. The molecule has 0 fully saturated rings. The van der Waals surface area contributed by atoms with Crippen LogP contribution >= 0.6 is 0 Å². The van der Waals surface area contributed by atoms with E-state index in [1.807, 2.05) is 146 Å². The first kappa shape index (κ1) is 74.4. The minimum atomic E-state index is -0.871. The molecule has 0 aliphatic rings. The Kier molecular flexibility index (Phi) is 28.6. The van der Waals surface area contributed by atoms with E-state index in [-0.39, 0.29) is 23.5 Å². The summed E-state index contributed by atoms with van der Waals surface area (Å²) in [5, 5.41) is 5.43. The van der Waals surface area contributed by atoms with E-state index in [9.17, 15) is 24.0 Å². The molecule has 0 saturated carbocycles. The van der Waals surface area contributed by atoms with Crippen molar-refractivity contribution in [2.75, 3.05) is 13.2 Å². The summed E-state index contributed by atoms with van der Waals surface area (Å²) >= 11 is 0. The van der Waals surface area contributed by atoms with Crippen LogP contribution in [-0.4, -0.2) is 92.0 Å². The summed E-state index contributed by atoms with van der Waals surface area (Å²) < 4.78 is 22.5. The molecule has 0 unspecified atom stereocenters. The molecule has 0 spiro atoms. The molecule has 16 nitrogen and oxygen atoms in total. The minimum absolute atomic E-state index is 0.0137. The Morgan fingerprint density at radius 1 is 0.447 bits per heavy atom. The fourth-order valence-electron chi connectivity index (χ4n) is 10.0. The van der Waals surface area contributed by atoms with Crippen LogP contribution < -0.4 is 25.8 Å². The van der Waals surface area contributed by atoms with Crippen molar-refractivity contribution in [3.8, 4) is 56.5 Å². The summed E-state index contributed by atoms with van der Waals surface area (Å²) in [6, 6.07) is 36.4. The van der Waals surface area contributed by atoms with Gasteiger partial charge in [-0.2, -0.15) is 0 Å². The first-order valence-electron chi connectivity index (χ1n) is 33.4. The molecule has 0 bridgehead atoms. The SMILES string of the molecule is CCCCCCCOc1ccc(-c2cnc(-c3ccc(C[C@H](CC(=O)c4ccc(C(C)(C)C)cc4)C(=O)N[C@H](C)C(=O)OC(C)(C)C)cc3)nc2)cc1.CCCCCCCOc1ccc(-c2cnc(-c3ccc(C[C@H](N)C(=O)N[C@H](C)C(=O)OC(C)(C)C)cc3)nc2)cc1. The molecule has 4 atom stereocenters. The number of carbonyl (C=O) groups excluding carboxylic acids is 5. The van der Waals surface area contributed by atoms with Gasteiger partial charge in [0.05, 0.1) is 19.3 Å². The average Bonchev–Trinajstić information content (AvgIpc) is 1.02. The van der Waals surface area contributed by atoms with E-state index in [4.69, 9.17) is 24.7 Å². The number of amides is 2. The number of carbonyl (C=O) groups is 5. The van der Waals surface area contributed by atoms with E-state index in [0.29, 0.717) is 30.1 Å². The molecule has 7 aromatic rings. The van der Waals surface area contributed by atoms with Gasteiger partial charge in [0.1, 0.15) is 34.8 Å². The monoisotopic (exact) mass is 1280 g/mol. The smallest absolute Gasteiger partial charge is 0.328 e. The maximum Gasteiger partial charge on any atom is 0.328 e. The standard InChI is InChI=1S/C45H57N3O5.C33H44N4O4/c1-9-10-11-12-13-26-52-39-24-20-33(21-25-39)37-29-46-41(47-30-37)35-16-14-32(15-17-35)27-36(42(50)48-31(2)43(51)53-45(6,7)8)28-40(49)34-18-22-38(23-19-34)44(3,4)5;1-6-7-8-9-10-19-40-28-17-15-25(16-18-28)27-21-35-30(36-22-27)26-13-11-24(12-14-26)20-29(34)31(38)37-23(2)32(39)41-33(3,4)5/h14-25,29-31,36H,9-13,26-28H2,1-8H3,(H,48,50);11-18,21-23,29H,6-10,19-20,34H2,1-5H3,(H,37,38)/t31-,36-;23-,29+/m11/s1. The summed E-state index contributed by atoms with van der Waals surface area (Å²) in [5.41, 5.74) is 13.7. The number of aromatic nitrogens is 4. The number of nitrogens with one attached hydrogen (secondary N) is 2. The minimum Gasteiger partial charge on any atom is -0.494 e. The van der Waals surface area contributed by atoms with E-state index >= 15 is 0 Å². The van der Waals surface area contributed by atoms with Crippen molar-refractivity contribution < 1.29 is 42.9 Å². The van der Waals surface area contributed by atoms with Gasteiger partial charge in [-0.25, -0.2) is 29.5 Å². The molecule has 2 amide bonds. The Bertz CT molecular complexity index is 3460. The second-order valence-corrected chi connectivity index (χ2v) is 27.3. The van der Waals surface area contributed by atoms with Crippen LogP contribution in [0.5, 0.6) is 11.5 Å². The summed E-state index contributed by atoms with van der Waals surface area (Å²) in [6.07, 6.45) is 20.0. The van der Waals surface area contributed by atoms with Crippen molar-refractivity contribution in [3.05, 3.63) is 168 Å². The molecule has 5 aromatic carbocycles. The van der Waals surface area contributed by atoms with E-state index in [1.54, 1.807) is 55.4 Å². The van der Waals surface area contributed by atoms with E-state index in [1.165, 1.54) is 51.4 Å². The zero-order chi connectivity index (χ0) is 68.4. The normalized spacial score (nSPS) is 12.8. The van der Waals surface area contributed by atoms with Crippen LogP contribution in [0, 0.1) is 5.92 Å². The van der Waals surface area contributed by atoms with Crippen LogP contribution in [0.25, 0.3) is 45.0 Å². The Labute approximate surface area is 558 Å². The first-order valence-corrected chi connectivity index (χ1v) is 33.4. The lowest BCUT2D eigenvalue weighted by Crippen LogP contribution is -2.49. The van der Waals surface area contributed by atoms with Crippen molar-refractivity contribution in [2.24, 2.45) is 11.7 Å². The number of nitrogens with two attached hydrogens (primary N) is 1. The number of nitrogens with zero attached hydrogens (tertiary/aromatic N) is 4. The molecular formula is C78H101N7O9. The van der Waals surface area contributed by atoms with Crippen molar-refractivity contribution in [1.82, 2.24) is 30.6 Å². The predicted octanol–water partition coefficient (Wildman–Crippen LogP) is 15.6. The van der Waals surface area contributed by atoms with Gasteiger partial charge in [0, 0.05) is 64.9 Å². The highest BCUT2D eigenvalue weighted by Crippen LogP contribution is 2.28. The summed E-state index contributed by atoms with van der Waals surface area (Å²) in [5.74, 6) is 0.256. The molecular weight excluding hydrogens is 1180 g/mol. The summed E-state index contributed by atoms with van der Waals surface area (Å²) in [4.78, 5) is 82.8. The Hall–Kier alpha value is -8.63. The van der Waals surface area contributed by atoms with Gasteiger partial charge in [-0.1, -0.05) is 183 Å². The second kappa shape index (κ2) is 36.1. The first-order chi connectivity index (χ1) is 44.7. The molecule has 4 N–H and O–H groups in total. The van der Waals surface area contributed by atoms with Crippen molar-refractivity contribution >= 4 is 29.5 Å². The Morgan fingerprint density at radius 3 is 1.20 bits per heavy atom. The van der Waals surface area contributed by atoms with Gasteiger partial charge in [0.15, 0.2) is 17.4 Å². The van der Waals surface area contributed by atoms with Crippen molar-refractivity contribution in [2.45, 2.75) is 208 Å². The van der Waals surface area contributed by atoms with Gasteiger partial charge >= 0.3 is 11.9 Å². The number of ketones is 1. The highest BCUT2D eigenvalue weighted by Gasteiger charge is 2.30. The maximum atomic E-state index is 13.6. The van der Waals surface area contributed by atoms with Gasteiger partial charge in [-0.05, 0) is 139 Å². The lowest BCUT2D eigenvalue weighted by atomic mass is 9.85. The highest BCUT2D eigenvalue weighted by molar-refractivity contribution is 5.99. The zero-order valence-electron chi connectivity index (χ0n) is 57.8. The fraction of sp³-hybridized carbons (Fsp3) is 0.449. The van der Waals surface area contributed by atoms with Crippen LogP contribution in [0.15, 0.2) is 146 Å². The van der Waals surface area contributed by atoms with Gasteiger partial charge in [0.25, 0.3) is 0 Å². The van der Waals surface area contributed by atoms with Gasteiger partial charge in [-0.3, -0.25) is 14.4 Å². The predicted molar refractivity (Wildman–Crippen MR) is 374 cm³/mol. The number of rotatable bonds is 31. The Balaban J connectivity index is 0.000000308. The van der Waals surface area contributed by atoms with Crippen LogP contribution in [0.4, 0.5) is 0 Å². The van der Waals surface area contributed by atoms with Gasteiger partial charge in [-0.15, -0.1) is 0 Å². The number of benzene rings is 5. The molecule has 7 rings (SSSR count). The van der Waals surface area contributed by atoms with Crippen LogP contribution in [0.2, 0.25) is 0 Å². The van der Waals surface area contributed by atoms with E-state index in [2.05, 4.69) is 65.2 Å². The maximum absolute atomic E-state index is 13.6. The molecule has 0 aliphatic heterocycles. The zero-order valence-corrected chi connectivity index (χ0v) is 57.8. The fourth-order valence-corrected chi connectivity index (χ4v) is 10.0.